The zero-order chi connectivity index (χ0) is 20.5. The van der Waals surface area contributed by atoms with Crippen molar-refractivity contribution in [2.24, 2.45) is 0 Å². The lowest BCUT2D eigenvalue weighted by molar-refractivity contribution is 0.103. The molecule has 2 atom stereocenters. The molecule has 3 aliphatic rings. The lowest BCUT2D eigenvalue weighted by Crippen LogP contribution is -2.55. The number of aromatic nitrogens is 4. The Morgan fingerprint density at radius 2 is 1.73 bits per heavy atom. The molecule has 2 aromatic heterocycles. The predicted octanol–water partition coefficient (Wildman–Crippen LogP) is 2.58. The smallest absolute Gasteiger partial charge is 0.280 e. The van der Waals surface area contributed by atoms with Crippen molar-refractivity contribution in [1.29, 1.82) is 0 Å². The molecule has 2 N–H and O–H groups in total. The number of hydrogen-bond acceptors (Lipinski definition) is 8. The molecule has 8 heteroatoms. The van der Waals surface area contributed by atoms with Crippen molar-refractivity contribution in [3.05, 3.63) is 17.2 Å². The molecule has 2 fully saturated rings. The zero-order valence-electron chi connectivity index (χ0n) is 17.8. The fourth-order valence-corrected chi connectivity index (χ4v) is 5.13. The van der Waals surface area contributed by atoms with Gasteiger partial charge in [-0.25, -0.2) is 9.97 Å². The molecule has 0 unspecified atom stereocenters. The lowest BCUT2D eigenvalue weighted by atomic mass is 9.92. The van der Waals surface area contributed by atoms with Crippen LogP contribution in [0.2, 0.25) is 0 Å². The van der Waals surface area contributed by atoms with E-state index in [9.17, 15) is 5.11 Å². The summed E-state index contributed by atoms with van der Waals surface area (Å²) in [7, 11) is 0. The minimum Gasteiger partial charge on any atom is -0.390 e. The summed E-state index contributed by atoms with van der Waals surface area (Å²) >= 11 is 0. The van der Waals surface area contributed by atoms with Crippen molar-refractivity contribution in [3.63, 3.8) is 0 Å². The number of piperidine rings is 1. The summed E-state index contributed by atoms with van der Waals surface area (Å²) in [5, 5.41) is 18.6. The molecule has 30 heavy (non-hydrogen) atoms. The third kappa shape index (κ3) is 4.07. The molecular weight excluding hydrogens is 380 g/mol. The second kappa shape index (κ2) is 8.59. The maximum Gasteiger partial charge on any atom is 0.280 e. The molecule has 2 aliphatic carbocycles. The molecule has 0 spiro atoms. The van der Waals surface area contributed by atoms with Crippen LogP contribution in [0.3, 0.4) is 0 Å². The van der Waals surface area contributed by atoms with Gasteiger partial charge in [0.2, 0.25) is 0 Å². The zero-order valence-corrected chi connectivity index (χ0v) is 17.8. The van der Waals surface area contributed by atoms with E-state index in [-0.39, 0.29) is 6.04 Å². The van der Waals surface area contributed by atoms with Gasteiger partial charge in [0.05, 0.1) is 17.5 Å². The number of β-amino-alcohol motifs (C(OH)–C–C–N with tert-alkyl or cyclic N) is 1. The molecule has 5 rings (SSSR count). The van der Waals surface area contributed by atoms with Crippen LogP contribution in [0.5, 0.6) is 0 Å². The van der Waals surface area contributed by atoms with Gasteiger partial charge in [-0.15, -0.1) is 0 Å². The highest BCUT2D eigenvalue weighted by Gasteiger charge is 2.33. The van der Waals surface area contributed by atoms with E-state index in [0.29, 0.717) is 30.0 Å². The summed E-state index contributed by atoms with van der Waals surface area (Å²) in [5.74, 6) is 1.78. The van der Waals surface area contributed by atoms with Gasteiger partial charge in [0.1, 0.15) is 0 Å². The first-order chi connectivity index (χ1) is 14.7. The molecule has 8 nitrogen and oxygen atoms in total. The number of nitrogens with one attached hydrogen (secondary N) is 1. The Labute approximate surface area is 177 Å². The molecule has 0 amide bonds. The number of hydrogen-bond donors (Lipinski definition) is 2. The van der Waals surface area contributed by atoms with Gasteiger partial charge >= 0.3 is 0 Å². The molecule has 0 radical (unpaired) electrons. The van der Waals surface area contributed by atoms with Gasteiger partial charge in [-0.2, -0.15) is 4.98 Å². The maximum atomic E-state index is 10.9. The summed E-state index contributed by atoms with van der Waals surface area (Å²) in [4.78, 5) is 16.5. The van der Waals surface area contributed by atoms with E-state index in [4.69, 9.17) is 14.5 Å². The van der Waals surface area contributed by atoms with Crippen molar-refractivity contribution in [2.75, 3.05) is 18.0 Å². The van der Waals surface area contributed by atoms with E-state index in [1.54, 1.807) is 0 Å². The summed E-state index contributed by atoms with van der Waals surface area (Å²) in [6, 6.07) is 0.689. The van der Waals surface area contributed by atoms with Crippen LogP contribution in [0, 0.1) is 6.92 Å². The third-order valence-electron chi connectivity index (χ3n) is 6.78. The quantitative estimate of drug-likeness (QED) is 0.790. The highest BCUT2D eigenvalue weighted by Crippen LogP contribution is 2.32. The molecule has 1 aliphatic heterocycles. The summed E-state index contributed by atoms with van der Waals surface area (Å²) < 4.78 is 5.46. The number of aliphatic hydroxyl groups excluding tert-OH is 1. The SMILES string of the molecule is Cc1noc(-c2nc3c(nc2N2CC[C@@H](NC4CCCCC4)[C@H](O)C2)CCCC3)n1. The number of aryl methyl sites for hydroxylation is 3. The number of aliphatic hydroxyl groups is 1. The minimum absolute atomic E-state index is 0.143. The number of fused-ring (bicyclic) bond motifs is 1. The summed E-state index contributed by atoms with van der Waals surface area (Å²) in [5.41, 5.74) is 2.78. The molecule has 2 aromatic rings. The Morgan fingerprint density at radius 3 is 2.43 bits per heavy atom. The first-order valence-corrected chi connectivity index (χ1v) is 11.6. The monoisotopic (exact) mass is 412 g/mol. The Kier molecular flexibility index (Phi) is 5.69. The van der Waals surface area contributed by atoms with Crippen molar-refractivity contribution in [3.8, 4) is 11.6 Å². The van der Waals surface area contributed by atoms with Crippen LogP contribution in [0.25, 0.3) is 11.6 Å². The van der Waals surface area contributed by atoms with E-state index < -0.39 is 6.10 Å². The van der Waals surface area contributed by atoms with Crippen LogP contribution in [0.4, 0.5) is 5.82 Å². The normalized spacial score (nSPS) is 25.3. The molecule has 3 heterocycles. The second-order valence-corrected chi connectivity index (χ2v) is 9.05. The van der Waals surface area contributed by atoms with Gasteiger partial charge in [0.15, 0.2) is 17.3 Å². The first kappa shape index (κ1) is 19.9. The van der Waals surface area contributed by atoms with E-state index >= 15 is 0 Å². The second-order valence-electron chi connectivity index (χ2n) is 9.05. The number of rotatable bonds is 4. The van der Waals surface area contributed by atoms with Crippen LogP contribution in [-0.4, -0.2) is 56.5 Å². The van der Waals surface area contributed by atoms with Gasteiger partial charge in [-0.05, 0) is 51.9 Å². The van der Waals surface area contributed by atoms with Crippen LogP contribution in [0.15, 0.2) is 4.52 Å². The van der Waals surface area contributed by atoms with Crippen LogP contribution >= 0.6 is 0 Å². The molecule has 1 saturated carbocycles. The Balaban J connectivity index is 1.38. The van der Waals surface area contributed by atoms with Gasteiger partial charge in [-0.1, -0.05) is 24.4 Å². The third-order valence-corrected chi connectivity index (χ3v) is 6.78. The van der Waals surface area contributed by atoms with E-state index in [1.807, 2.05) is 6.92 Å². The van der Waals surface area contributed by atoms with Crippen molar-refractivity contribution >= 4 is 5.82 Å². The van der Waals surface area contributed by atoms with Crippen LogP contribution in [0.1, 0.15) is 68.6 Å². The number of anilines is 1. The van der Waals surface area contributed by atoms with Crippen molar-refractivity contribution < 1.29 is 9.63 Å². The average Bonchev–Trinajstić information content (AvgIpc) is 3.21. The minimum atomic E-state index is -0.434. The fraction of sp³-hybridized carbons (Fsp3) is 0.727. The fourth-order valence-electron chi connectivity index (χ4n) is 5.13. The van der Waals surface area contributed by atoms with E-state index in [0.717, 1.165) is 55.9 Å². The molecular formula is C22H32N6O2. The van der Waals surface area contributed by atoms with Gasteiger partial charge in [0.25, 0.3) is 5.89 Å². The van der Waals surface area contributed by atoms with Gasteiger partial charge in [-0.3, -0.25) is 0 Å². The molecule has 162 valence electrons. The van der Waals surface area contributed by atoms with Crippen LogP contribution < -0.4 is 10.2 Å². The van der Waals surface area contributed by atoms with Crippen molar-refractivity contribution in [2.45, 2.75) is 89.3 Å². The topological polar surface area (TPSA) is 100 Å². The number of nitrogens with zero attached hydrogens (tertiary/aromatic N) is 5. The van der Waals surface area contributed by atoms with Gasteiger partial charge < -0.3 is 19.8 Å². The molecule has 1 saturated heterocycles. The van der Waals surface area contributed by atoms with Crippen molar-refractivity contribution in [1.82, 2.24) is 25.4 Å². The highest BCUT2D eigenvalue weighted by atomic mass is 16.5. The molecule has 0 aromatic carbocycles. The van der Waals surface area contributed by atoms with Crippen LogP contribution in [-0.2, 0) is 12.8 Å². The lowest BCUT2D eigenvalue weighted by Gasteiger charge is -2.39. The summed E-state index contributed by atoms with van der Waals surface area (Å²) in [6.45, 7) is 3.18. The largest absolute Gasteiger partial charge is 0.390 e. The maximum absolute atomic E-state index is 10.9. The van der Waals surface area contributed by atoms with Gasteiger partial charge in [0, 0.05) is 25.2 Å². The van der Waals surface area contributed by atoms with E-state index in [2.05, 4.69) is 20.4 Å². The Morgan fingerprint density at radius 1 is 0.967 bits per heavy atom. The summed E-state index contributed by atoms with van der Waals surface area (Å²) in [6.07, 6.45) is 11.0. The Bertz CT molecular complexity index is 879. The standard InChI is InChI=1S/C22H32N6O2/c1-14-23-22(30-27-14)20-21(26-17-10-6-5-9-16(17)25-20)28-12-11-18(19(29)13-28)24-15-7-3-2-4-8-15/h15,18-19,24,29H,2-13H2,1H3/t18-,19-/m1/s1. The predicted molar refractivity (Wildman–Crippen MR) is 113 cm³/mol. The highest BCUT2D eigenvalue weighted by molar-refractivity contribution is 5.66. The Hall–Kier alpha value is -2.06. The van der Waals surface area contributed by atoms with E-state index in [1.165, 1.54) is 32.1 Å². The molecule has 0 bridgehead atoms. The average molecular weight is 413 g/mol. The first-order valence-electron chi connectivity index (χ1n) is 11.6.